The van der Waals surface area contributed by atoms with Crippen molar-refractivity contribution in [3.05, 3.63) is 64.4 Å². The molecule has 0 unspecified atom stereocenters. The first-order chi connectivity index (χ1) is 8.58. The van der Waals surface area contributed by atoms with Crippen LogP contribution in [-0.2, 0) is 0 Å². The molecule has 18 heavy (non-hydrogen) atoms. The van der Waals surface area contributed by atoms with E-state index in [1.54, 1.807) is 12.1 Å². The van der Waals surface area contributed by atoms with Crippen molar-refractivity contribution in [3.63, 3.8) is 0 Å². The molecule has 0 saturated carbocycles. The number of hydrogen-bond acceptors (Lipinski definition) is 1. The molecule has 0 saturated heterocycles. The molecule has 0 radical (unpaired) electrons. The van der Waals surface area contributed by atoms with E-state index in [0.717, 1.165) is 5.56 Å². The fourth-order valence-electron chi connectivity index (χ4n) is 1.60. The van der Waals surface area contributed by atoms with Crippen molar-refractivity contribution in [1.29, 1.82) is 0 Å². The summed E-state index contributed by atoms with van der Waals surface area (Å²) in [6.07, 6.45) is 0. The van der Waals surface area contributed by atoms with Gasteiger partial charge in [0.2, 0.25) is 0 Å². The summed E-state index contributed by atoms with van der Waals surface area (Å²) >= 11 is 5.65. The highest BCUT2D eigenvalue weighted by Gasteiger charge is 2.09. The number of carbonyl (C=O) groups is 1. The first-order valence-corrected chi connectivity index (χ1v) is 5.78. The second kappa shape index (κ2) is 5.19. The minimum Gasteiger partial charge on any atom is -0.322 e. The van der Waals surface area contributed by atoms with E-state index < -0.39 is 5.82 Å². The lowest BCUT2D eigenvalue weighted by molar-refractivity contribution is 0.102. The number of rotatable bonds is 2. The lowest BCUT2D eigenvalue weighted by Crippen LogP contribution is -2.13. The fraction of sp³-hybridized carbons (Fsp3) is 0.0714. The maximum atomic E-state index is 13.0. The SMILES string of the molecule is Cc1ccccc1C(=O)Nc1ccc(F)c(Cl)c1. The summed E-state index contributed by atoms with van der Waals surface area (Å²) in [5.41, 5.74) is 1.93. The topological polar surface area (TPSA) is 29.1 Å². The van der Waals surface area contributed by atoms with E-state index in [9.17, 15) is 9.18 Å². The second-order valence-corrected chi connectivity index (χ2v) is 4.31. The van der Waals surface area contributed by atoms with Gasteiger partial charge < -0.3 is 5.32 Å². The molecule has 0 heterocycles. The number of nitrogens with one attached hydrogen (secondary N) is 1. The molecule has 2 rings (SSSR count). The van der Waals surface area contributed by atoms with Gasteiger partial charge in [-0.05, 0) is 36.8 Å². The van der Waals surface area contributed by atoms with Gasteiger partial charge in [-0.3, -0.25) is 4.79 Å². The first-order valence-electron chi connectivity index (χ1n) is 5.40. The zero-order chi connectivity index (χ0) is 13.1. The van der Waals surface area contributed by atoms with E-state index in [0.29, 0.717) is 11.3 Å². The van der Waals surface area contributed by atoms with Crippen molar-refractivity contribution in [1.82, 2.24) is 0 Å². The first kappa shape index (κ1) is 12.6. The van der Waals surface area contributed by atoms with Gasteiger partial charge in [0.1, 0.15) is 5.82 Å². The quantitative estimate of drug-likeness (QED) is 0.870. The molecule has 4 heteroatoms. The van der Waals surface area contributed by atoms with E-state index in [4.69, 9.17) is 11.6 Å². The Morgan fingerprint density at radius 3 is 2.61 bits per heavy atom. The standard InChI is InChI=1S/C14H11ClFNO/c1-9-4-2-3-5-11(9)14(18)17-10-6-7-13(16)12(15)8-10/h2-8H,1H3,(H,17,18). The van der Waals surface area contributed by atoms with Gasteiger partial charge in [0.05, 0.1) is 5.02 Å². The predicted octanol–water partition coefficient (Wildman–Crippen LogP) is 4.04. The third kappa shape index (κ3) is 2.68. The molecule has 2 nitrogen and oxygen atoms in total. The maximum absolute atomic E-state index is 13.0. The zero-order valence-corrected chi connectivity index (χ0v) is 10.5. The van der Waals surface area contributed by atoms with Crippen LogP contribution in [0.3, 0.4) is 0 Å². The summed E-state index contributed by atoms with van der Waals surface area (Å²) in [4.78, 5) is 12.0. The molecule has 0 aliphatic rings. The maximum Gasteiger partial charge on any atom is 0.255 e. The highest BCUT2D eigenvalue weighted by Crippen LogP contribution is 2.20. The molecule has 0 fully saturated rings. The molecular formula is C14H11ClFNO. The van der Waals surface area contributed by atoms with Crippen molar-refractivity contribution in [2.45, 2.75) is 6.92 Å². The normalized spacial score (nSPS) is 10.2. The highest BCUT2D eigenvalue weighted by molar-refractivity contribution is 6.31. The summed E-state index contributed by atoms with van der Waals surface area (Å²) < 4.78 is 13.0. The van der Waals surface area contributed by atoms with Gasteiger partial charge in [0.25, 0.3) is 5.91 Å². The molecule has 0 aliphatic heterocycles. The van der Waals surface area contributed by atoms with Crippen LogP contribution in [0.25, 0.3) is 0 Å². The van der Waals surface area contributed by atoms with Crippen LogP contribution < -0.4 is 5.32 Å². The summed E-state index contributed by atoms with van der Waals surface area (Å²) in [6, 6.07) is 11.3. The lowest BCUT2D eigenvalue weighted by Gasteiger charge is -2.08. The molecule has 0 spiro atoms. The van der Waals surface area contributed by atoms with Crippen LogP contribution in [0.5, 0.6) is 0 Å². The van der Waals surface area contributed by atoms with Crippen LogP contribution in [0.2, 0.25) is 5.02 Å². The molecule has 2 aromatic carbocycles. The van der Waals surface area contributed by atoms with Crippen LogP contribution >= 0.6 is 11.6 Å². The van der Waals surface area contributed by atoms with Crippen LogP contribution in [0.15, 0.2) is 42.5 Å². The number of benzene rings is 2. The van der Waals surface area contributed by atoms with Gasteiger partial charge in [-0.2, -0.15) is 0 Å². The van der Waals surface area contributed by atoms with E-state index in [2.05, 4.69) is 5.32 Å². The predicted molar refractivity (Wildman–Crippen MR) is 70.5 cm³/mol. The van der Waals surface area contributed by atoms with E-state index in [-0.39, 0.29) is 10.9 Å². The third-order valence-electron chi connectivity index (χ3n) is 2.57. The number of carbonyl (C=O) groups excluding carboxylic acids is 1. The summed E-state index contributed by atoms with van der Waals surface area (Å²) in [5, 5.41) is 2.66. The van der Waals surface area contributed by atoms with Crippen molar-refractivity contribution in [2.75, 3.05) is 5.32 Å². The molecule has 2 aromatic rings. The minimum absolute atomic E-state index is 0.0161. The van der Waals surface area contributed by atoms with Gasteiger partial charge in [-0.25, -0.2) is 4.39 Å². The van der Waals surface area contributed by atoms with Crippen molar-refractivity contribution in [3.8, 4) is 0 Å². The lowest BCUT2D eigenvalue weighted by atomic mass is 10.1. The molecule has 0 aromatic heterocycles. The number of hydrogen-bond donors (Lipinski definition) is 1. The molecule has 0 bridgehead atoms. The Bertz CT molecular complexity index is 598. The minimum atomic E-state index is -0.509. The van der Waals surface area contributed by atoms with Crippen LogP contribution in [0.4, 0.5) is 10.1 Å². The average Bonchev–Trinajstić information content (AvgIpc) is 2.34. The Morgan fingerprint density at radius 2 is 1.94 bits per heavy atom. The largest absolute Gasteiger partial charge is 0.322 e. The molecule has 92 valence electrons. The van der Waals surface area contributed by atoms with Crippen LogP contribution in [-0.4, -0.2) is 5.91 Å². The number of anilines is 1. The number of halogens is 2. The average molecular weight is 264 g/mol. The van der Waals surface area contributed by atoms with Crippen molar-refractivity contribution >= 4 is 23.2 Å². The van der Waals surface area contributed by atoms with Gasteiger partial charge in [0, 0.05) is 11.3 Å². The zero-order valence-electron chi connectivity index (χ0n) is 9.71. The Kier molecular flexibility index (Phi) is 3.63. The third-order valence-corrected chi connectivity index (χ3v) is 2.86. The molecule has 1 amide bonds. The van der Waals surface area contributed by atoms with Gasteiger partial charge in [-0.1, -0.05) is 29.8 Å². The van der Waals surface area contributed by atoms with E-state index in [1.165, 1.54) is 18.2 Å². The molecular weight excluding hydrogens is 253 g/mol. The Balaban J connectivity index is 2.22. The number of amides is 1. The summed E-state index contributed by atoms with van der Waals surface area (Å²) in [7, 11) is 0. The summed E-state index contributed by atoms with van der Waals surface area (Å²) in [6.45, 7) is 1.85. The number of aryl methyl sites for hydroxylation is 1. The van der Waals surface area contributed by atoms with E-state index >= 15 is 0 Å². The molecule has 0 aliphatic carbocycles. The fourth-order valence-corrected chi connectivity index (χ4v) is 1.78. The second-order valence-electron chi connectivity index (χ2n) is 3.90. The van der Waals surface area contributed by atoms with Crippen molar-refractivity contribution in [2.24, 2.45) is 0 Å². The monoisotopic (exact) mass is 263 g/mol. The smallest absolute Gasteiger partial charge is 0.255 e. The summed E-state index contributed by atoms with van der Waals surface area (Å²) in [5.74, 6) is -0.749. The van der Waals surface area contributed by atoms with Gasteiger partial charge >= 0.3 is 0 Å². The van der Waals surface area contributed by atoms with Gasteiger partial charge in [-0.15, -0.1) is 0 Å². The Labute approximate surface area is 109 Å². The molecule has 1 N–H and O–H groups in total. The Hall–Kier alpha value is -1.87. The van der Waals surface area contributed by atoms with Crippen LogP contribution in [0, 0.1) is 12.7 Å². The van der Waals surface area contributed by atoms with Gasteiger partial charge in [0.15, 0.2) is 0 Å². The van der Waals surface area contributed by atoms with Crippen LogP contribution in [0.1, 0.15) is 15.9 Å². The van der Waals surface area contributed by atoms with E-state index in [1.807, 2.05) is 19.1 Å². The molecule has 0 atom stereocenters. The van der Waals surface area contributed by atoms with Crippen molar-refractivity contribution < 1.29 is 9.18 Å². The Morgan fingerprint density at radius 1 is 1.22 bits per heavy atom. The highest BCUT2D eigenvalue weighted by atomic mass is 35.5.